The second-order valence-electron chi connectivity index (χ2n) is 5.51. The van der Waals surface area contributed by atoms with Gasteiger partial charge >= 0.3 is 5.97 Å². The molecule has 10 heteroatoms. The average molecular weight is 390 g/mol. The third-order valence-corrected chi connectivity index (χ3v) is 4.11. The summed E-state index contributed by atoms with van der Waals surface area (Å²) in [5, 5.41) is 19.4. The van der Waals surface area contributed by atoms with E-state index >= 15 is 0 Å². The molecule has 0 fully saturated rings. The molecule has 0 aliphatic heterocycles. The van der Waals surface area contributed by atoms with Gasteiger partial charge in [0.1, 0.15) is 11.3 Å². The van der Waals surface area contributed by atoms with Crippen molar-refractivity contribution in [1.29, 1.82) is 0 Å². The molecule has 0 saturated heterocycles. The summed E-state index contributed by atoms with van der Waals surface area (Å²) in [6.07, 6.45) is 2.93. The smallest absolute Gasteiger partial charge is 0.341 e. The maximum Gasteiger partial charge on any atom is 0.341 e. The van der Waals surface area contributed by atoms with Crippen molar-refractivity contribution in [2.75, 3.05) is 11.9 Å². The van der Waals surface area contributed by atoms with Gasteiger partial charge in [0.25, 0.3) is 5.69 Å². The lowest BCUT2D eigenvalue weighted by Crippen LogP contribution is -2.10. The van der Waals surface area contributed by atoms with Crippen LogP contribution in [0.5, 0.6) is 0 Å². The first-order valence-electron chi connectivity index (χ1n) is 8.18. The van der Waals surface area contributed by atoms with E-state index in [1.807, 2.05) is 6.92 Å². The molecular weight excluding hydrogens is 374 g/mol. The Hall–Kier alpha value is -3.20. The molecule has 0 saturated carbocycles. The minimum absolute atomic E-state index is 0.157. The van der Waals surface area contributed by atoms with Gasteiger partial charge in [0, 0.05) is 23.8 Å². The Morgan fingerprint density at radius 1 is 1.37 bits per heavy atom. The first-order valence-corrected chi connectivity index (χ1v) is 8.56. The summed E-state index contributed by atoms with van der Waals surface area (Å²) in [4.78, 5) is 27.5. The van der Waals surface area contributed by atoms with Crippen molar-refractivity contribution < 1.29 is 14.5 Å². The molecule has 140 valence electrons. The lowest BCUT2D eigenvalue weighted by atomic mass is 10.1. The van der Waals surface area contributed by atoms with Crippen LogP contribution in [0.2, 0.25) is 5.02 Å². The Kier molecular flexibility index (Phi) is 5.22. The normalized spacial score (nSPS) is 10.8. The number of anilines is 2. The third-order valence-electron chi connectivity index (χ3n) is 3.88. The highest BCUT2D eigenvalue weighted by molar-refractivity contribution is 6.31. The summed E-state index contributed by atoms with van der Waals surface area (Å²) < 4.78 is 6.74. The fraction of sp³-hybridized carbons (Fsp3) is 0.235. The molecule has 9 nitrogen and oxygen atoms in total. The van der Waals surface area contributed by atoms with Crippen LogP contribution in [0.25, 0.3) is 11.0 Å². The lowest BCUT2D eigenvalue weighted by Gasteiger charge is -2.13. The molecule has 2 aromatic heterocycles. The van der Waals surface area contributed by atoms with E-state index in [4.69, 9.17) is 16.3 Å². The predicted molar refractivity (Wildman–Crippen MR) is 101 cm³/mol. The SMILES string of the molecule is CCOC(=O)c1cnc2c(cnn2CC)c1Nc1ccc(Cl)cc1[N+](=O)[O-]. The van der Waals surface area contributed by atoms with E-state index in [1.165, 1.54) is 24.4 Å². The number of carbonyl (C=O) groups is 1. The standard InChI is InChI=1S/C17H16ClN5O4/c1-3-22-16-11(9-20-22)15(12(8-19-16)17(24)27-4-2)21-13-6-5-10(18)7-14(13)23(25)26/h5-9H,3-4H2,1-2H3,(H,19,21). The quantitative estimate of drug-likeness (QED) is 0.386. The molecule has 27 heavy (non-hydrogen) atoms. The van der Waals surface area contributed by atoms with Crippen molar-refractivity contribution in [3.05, 3.63) is 51.3 Å². The predicted octanol–water partition coefficient (Wildman–Crippen LogP) is 3.93. The number of nitrogens with zero attached hydrogens (tertiary/aromatic N) is 4. The van der Waals surface area contributed by atoms with Crippen molar-refractivity contribution in [3.63, 3.8) is 0 Å². The third kappa shape index (κ3) is 3.54. The van der Waals surface area contributed by atoms with Gasteiger partial charge in [-0.25, -0.2) is 14.5 Å². The molecule has 1 aromatic carbocycles. The van der Waals surface area contributed by atoms with E-state index in [-0.39, 0.29) is 28.6 Å². The highest BCUT2D eigenvalue weighted by Crippen LogP contribution is 2.34. The summed E-state index contributed by atoms with van der Waals surface area (Å²) in [6, 6.07) is 4.24. The molecule has 0 aliphatic rings. The van der Waals surface area contributed by atoms with Crippen LogP contribution < -0.4 is 5.32 Å². The van der Waals surface area contributed by atoms with Crippen molar-refractivity contribution >= 4 is 45.7 Å². The first-order chi connectivity index (χ1) is 13.0. The van der Waals surface area contributed by atoms with Crippen LogP contribution in [0.3, 0.4) is 0 Å². The maximum atomic E-state index is 12.4. The summed E-state index contributed by atoms with van der Waals surface area (Å²) >= 11 is 5.87. The molecule has 0 atom stereocenters. The number of nitro groups is 1. The first kappa shape index (κ1) is 18.6. The van der Waals surface area contributed by atoms with E-state index < -0.39 is 10.9 Å². The zero-order valence-corrected chi connectivity index (χ0v) is 15.4. The van der Waals surface area contributed by atoms with E-state index in [9.17, 15) is 14.9 Å². The maximum absolute atomic E-state index is 12.4. The van der Waals surface area contributed by atoms with Crippen LogP contribution in [0.1, 0.15) is 24.2 Å². The van der Waals surface area contributed by atoms with Crippen molar-refractivity contribution in [3.8, 4) is 0 Å². The number of rotatable bonds is 6. The van der Waals surface area contributed by atoms with Crippen molar-refractivity contribution in [1.82, 2.24) is 14.8 Å². The molecule has 3 rings (SSSR count). The zero-order valence-electron chi connectivity index (χ0n) is 14.6. The molecule has 0 bridgehead atoms. The van der Waals surface area contributed by atoms with Crippen LogP contribution in [0.4, 0.5) is 17.1 Å². The van der Waals surface area contributed by atoms with E-state index in [0.29, 0.717) is 23.3 Å². The van der Waals surface area contributed by atoms with Crippen LogP contribution in [0.15, 0.2) is 30.6 Å². The minimum atomic E-state index is -0.588. The highest BCUT2D eigenvalue weighted by Gasteiger charge is 2.22. The lowest BCUT2D eigenvalue weighted by molar-refractivity contribution is -0.383. The number of ether oxygens (including phenoxy) is 1. The second-order valence-corrected chi connectivity index (χ2v) is 5.94. The number of carbonyl (C=O) groups excluding carboxylic acids is 1. The number of halogens is 1. The molecular formula is C17H16ClN5O4. The van der Waals surface area contributed by atoms with Gasteiger partial charge in [0.05, 0.1) is 28.8 Å². The summed E-state index contributed by atoms with van der Waals surface area (Å²) in [5.41, 5.74) is 1.01. The second kappa shape index (κ2) is 7.58. The Morgan fingerprint density at radius 3 is 2.81 bits per heavy atom. The van der Waals surface area contributed by atoms with Gasteiger partial charge in [-0.3, -0.25) is 10.1 Å². The van der Waals surface area contributed by atoms with Crippen molar-refractivity contribution in [2.24, 2.45) is 0 Å². The summed E-state index contributed by atoms with van der Waals surface area (Å²) in [7, 11) is 0. The number of fused-ring (bicyclic) bond motifs is 1. The molecule has 3 aromatic rings. The monoisotopic (exact) mass is 389 g/mol. The molecule has 0 radical (unpaired) electrons. The van der Waals surface area contributed by atoms with Gasteiger partial charge in [0.15, 0.2) is 5.65 Å². The van der Waals surface area contributed by atoms with E-state index in [2.05, 4.69) is 15.4 Å². The Balaban J connectivity index is 2.19. The Labute approximate surface area is 159 Å². The van der Waals surface area contributed by atoms with Crippen LogP contribution >= 0.6 is 11.6 Å². The Morgan fingerprint density at radius 2 is 2.15 bits per heavy atom. The number of aromatic nitrogens is 3. The fourth-order valence-corrected chi connectivity index (χ4v) is 2.82. The zero-order chi connectivity index (χ0) is 19.6. The van der Waals surface area contributed by atoms with E-state index in [0.717, 1.165) is 0 Å². The number of hydrogen-bond acceptors (Lipinski definition) is 7. The van der Waals surface area contributed by atoms with Gasteiger partial charge in [-0.15, -0.1) is 0 Å². The molecule has 0 spiro atoms. The number of esters is 1. The Bertz CT molecular complexity index is 1030. The van der Waals surface area contributed by atoms with E-state index in [1.54, 1.807) is 17.8 Å². The minimum Gasteiger partial charge on any atom is -0.462 e. The van der Waals surface area contributed by atoms with Gasteiger partial charge in [0.2, 0.25) is 0 Å². The van der Waals surface area contributed by atoms with Gasteiger partial charge in [-0.05, 0) is 26.0 Å². The molecule has 0 unspecified atom stereocenters. The highest BCUT2D eigenvalue weighted by atomic mass is 35.5. The molecule has 0 amide bonds. The number of nitro benzene ring substituents is 1. The summed E-state index contributed by atoms with van der Waals surface area (Å²) in [5.74, 6) is -0.588. The molecule has 2 heterocycles. The topological polar surface area (TPSA) is 112 Å². The van der Waals surface area contributed by atoms with Crippen molar-refractivity contribution in [2.45, 2.75) is 20.4 Å². The number of hydrogen-bond donors (Lipinski definition) is 1. The van der Waals surface area contributed by atoms with Crippen LogP contribution in [-0.4, -0.2) is 32.3 Å². The molecule has 0 aliphatic carbocycles. The number of nitrogens with one attached hydrogen (secondary N) is 1. The largest absolute Gasteiger partial charge is 0.462 e. The number of benzene rings is 1. The van der Waals surface area contributed by atoms with Crippen LogP contribution in [0, 0.1) is 10.1 Å². The van der Waals surface area contributed by atoms with Gasteiger partial charge in [-0.1, -0.05) is 11.6 Å². The van der Waals surface area contributed by atoms with Crippen LogP contribution in [-0.2, 0) is 11.3 Å². The number of pyridine rings is 1. The average Bonchev–Trinajstić information content (AvgIpc) is 3.06. The number of aryl methyl sites for hydroxylation is 1. The van der Waals surface area contributed by atoms with Gasteiger partial charge < -0.3 is 10.1 Å². The fourth-order valence-electron chi connectivity index (χ4n) is 2.65. The van der Waals surface area contributed by atoms with Gasteiger partial charge in [-0.2, -0.15) is 5.10 Å². The molecule has 1 N–H and O–H groups in total. The summed E-state index contributed by atoms with van der Waals surface area (Å²) in [6.45, 7) is 4.36.